The van der Waals surface area contributed by atoms with Crippen LogP contribution in [0, 0.1) is 12.8 Å². The number of nitrogens with zero attached hydrogens (tertiary/aromatic N) is 3. The lowest BCUT2D eigenvalue weighted by atomic mass is 9.92. The minimum absolute atomic E-state index is 0.0680. The van der Waals surface area contributed by atoms with E-state index < -0.39 is 5.54 Å². The maximum atomic E-state index is 13.5. The second kappa shape index (κ2) is 14.3. The third kappa shape index (κ3) is 7.13. The predicted octanol–water partition coefficient (Wildman–Crippen LogP) is 6.32. The Bertz CT molecular complexity index is 1920. The van der Waals surface area contributed by atoms with Gasteiger partial charge in [-0.2, -0.15) is 5.10 Å². The molecule has 4 aromatic rings. The van der Waals surface area contributed by atoms with E-state index in [4.69, 9.17) is 25.8 Å². The van der Waals surface area contributed by atoms with Crippen molar-refractivity contribution >= 4 is 35.1 Å². The average Bonchev–Trinajstić information content (AvgIpc) is 3.74. The first kappa shape index (κ1) is 33.8. The molecule has 3 aliphatic rings. The number of carbonyl (C=O) groups is 3. The lowest BCUT2D eigenvalue weighted by Gasteiger charge is -2.41. The third-order valence-electron chi connectivity index (χ3n) is 9.80. The average molecular weight is 697 g/mol. The highest BCUT2D eigenvalue weighted by Gasteiger charge is 2.47. The van der Waals surface area contributed by atoms with Crippen molar-refractivity contribution in [3.63, 3.8) is 0 Å². The first-order chi connectivity index (χ1) is 24.2. The molecule has 1 N–H and O–H groups in total. The fraction of sp³-hybridized carbons (Fsp3) is 0.385. The van der Waals surface area contributed by atoms with Crippen molar-refractivity contribution in [2.24, 2.45) is 5.92 Å². The molecule has 1 aromatic heterocycles. The number of esters is 1. The van der Waals surface area contributed by atoms with Gasteiger partial charge in [0.05, 0.1) is 51.1 Å². The van der Waals surface area contributed by atoms with Crippen molar-refractivity contribution in [2.45, 2.75) is 57.5 Å². The van der Waals surface area contributed by atoms with Gasteiger partial charge in [-0.15, -0.1) is 0 Å². The minimum Gasteiger partial charge on any atom is -0.493 e. The van der Waals surface area contributed by atoms with Crippen molar-refractivity contribution in [3.8, 4) is 16.9 Å². The van der Waals surface area contributed by atoms with Gasteiger partial charge in [-0.05, 0) is 85.5 Å². The molecule has 2 amide bonds. The van der Waals surface area contributed by atoms with Crippen LogP contribution in [0.4, 0.5) is 5.69 Å². The molecular formula is C39H41ClN4O6. The Morgan fingerprint density at radius 1 is 1.10 bits per heavy atom. The quantitative estimate of drug-likeness (QED) is 0.129. The highest BCUT2D eigenvalue weighted by Crippen LogP contribution is 2.57. The molecule has 0 spiro atoms. The molecule has 2 atom stereocenters. The van der Waals surface area contributed by atoms with E-state index in [1.807, 2.05) is 71.4 Å². The summed E-state index contributed by atoms with van der Waals surface area (Å²) in [6.07, 6.45) is 6.05. The number of rotatable bonds is 13. The van der Waals surface area contributed by atoms with Crippen LogP contribution in [0.3, 0.4) is 0 Å². The van der Waals surface area contributed by atoms with E-state index in [9.17, 15) is 14.4 Å². The highest BCUT2D eigenvalue weighted by molar-refractivity contribution is 6.31. The molecule has 10 nitrogen and oxygen atoms in total. The van der Waals surface area contributed by atoms with E-state index in [-0.39, 0.29) is 44.0 Å². The van der Waals surface area contributed by atoms with Gasteiger partial charge in [-0.25, -0.2) is 0 Å². The van der Waals surface area contributed by atoms with Crippen LogP contribution in [0.25, 0.3) is 11.1 Å². The van der Waals surface area contributed by atoms with E-state index in [2.05, 4.69) is 22.5 Å². The summed E-state index contributed by atoms with van der Waals surface area (Å²) in [5.41, 5.74) is 5.86. The zero-order chi connectivity index (χ0) is 34.8. The molecule has 1 saturated carbocycles. The second-order valence-electron chi connectivity index (χ2n) is 13.5. The summed E-state index contributed by atoms with van der Waals surface area (Å²) in [5.74, 6) is 1.13. The predicted molar refractivity (Wildman–Crippen MR) is 190 cm³/mol. The van der Waals surface area contributed by atoms with Gasteiger partial charge in [0.25, 0.3) is 5.91 Å². The van der Waals surface area contributed by atoms with Gasteiger partial charge in [-0.3, -0.25) is 19.1 Å². The summed E-state index contributed by atoms with van der Waals surface area (Å²) in [5, 5.41) is 8.33. The van der Waals surface area contributed by atoms with Crippen LogP contribution in [0.15, 0.2) is 73.1 Å². The van der Waals surface area contributed by atoms with Gasteiger partial charge < -0.3 is 24.4 Å². The number of anilines is 1. The zero-order valence-electron chi connectivity index (χ0n) is 28.3. The van der Waals surface area contributed by atoms with E-state index in [1.165, 1.54) is 5.56 Å². The van der Waals surface area contributed by atoms with E-state index in [0.717, 1.165) is 46.7 Å². The summed E-state index contributed by atoms with van der Waals surface area (Å²) in [6.45, 7) is 6.17. The standard InChI is InChI=1S/C39H41ClN4O6/c1-3-49-36(46)18-39(23-48-24-39)42-38(47)27-9-4-8-26(16-27)20-43-21-29(19-41-43)30-10-5-12-33-37(30)31-17-28(31)22-44(33)35(45)14-7-15-50-34-13-6-11-32(40)25(34)2/h4-6,8-13,16,19,21,28,31H,3,7,14-15,17-18,20,22-24H2,1-2H3,(H,42,47)/t28-,31-/m0/s1. The van der Waals surface area contributed by atoms with Crippen LogP contribution in [0.2, 0.25) is 5.02 Å². The van der Waals surface area contributed by atoms with Crippen molar-refractivity contribution in [1.29, 1.82) is 0 Å². The van der Waals surface area contributed by atoms with Gasteiger partial charge in [0.1, 0.15) is 5.75 Å². The minimum atomic E-state index is -0.753. The van der Waals surface area contributed by atoms with Crippen LogP contribution in [-0.4, -0.2) is 66.1 Å². The highest BCUT2D eigenvalue weighted by atomic mass is 35.5. The summed E-state index contributed by atoms with van der Waals surface area (Å²) >= 11 is 6.22. The summed E-state index contributed by atoms with van der Waals surface area (Å²) < 4.78 is 18.2. The topological polar surface area (TPSA) is 112 Å². The molecule has 260 valence electrons. The maximum Gasteiger partial charge on any atom is 0.308 e. The first-order valence-corrected chi connectivity index (χ1v) is 17.6. The fourth-order valence-electron chi connectivity index (χ4n) is 7.04. The van der Waals surface area contributed by atoms with Crippen molar-refractivity contribution < 1.29 is 28.6 Å². The van der Waals surface area contributed by atoms with Gasteiger partial charge >= 0.3 is 5.97 Å². The molecule has 3 heterocycles. The van der Waals surface area contributed by atoms with Crippen LogP contribution in [0.5, 0.6) is 5.75 Å². The Balaban J connectivity index is 1.01. The molecule has 2 aliphatic heterocycles. The molecule has 1 saturated heterocycles. The molecule has 2 fully saturated rings. The number of nitrogens with one attached hydrogen (secondary N) is 1. The van der Waals surface area contributed by atoms with Gasteiger partial charge in [0, 0.05) is 46.6 Å². The van der Waals surface area contributed by atoms with Gasteiger partial charge in [0.2, 0.25) is 5.91 Å². The maximum absolute atomic E-state index is 13.5. The van der Waals surface area contributed by atoms with Crippen molar-refractivity contribution in [2.75, 3.05) is 37.9 Å². The number of carbonyl (C=O) groups excluding carboxylic acids is 3. The number of aromatic nitrogens is 2. The molecule has 0 bridgehead atoms. The smallest absolute Gasteiger partial charge is 0.308 e. The molecule has 3 aromatic carbocycles. The van der Waals surface area contributed by atoms with Gasteiger partial charge in [-0.1, -0.05) is 41.9 Å². The lowest BCUT2D eigenvalue weighted by molar-refractivity contribution is -0.151. The molecule has 0 unspecified atom stereocenters. The summed E-state index contributed by atoms with van der Waals surface area (Å²) in [6, 6.07) is 19.2. The molecular weight excluding hydrogens is 656 g/mol. The molecule has 1 aliphatic carbocycles. The number of hydrogen-bond acceptors (Lipinski definition) is 7. The summed E-state index contributed by atoms with van der Waals surface area (Å²) in [7, 11) is 0. The van der Waals surface area contributed by atoms with Crippen LogP contribution in [0.1, 0.15) is 65.6 Å². The van der Waals surface area contributed by atoms with Crippen molar-refractivity contribution in [1.82, 2.24) is 15.1 Å². The van der Waals surface area contributed by atoms with E-state index in [0.29, 0.717) is 48.4 Å². The van der Waals surface area contributed by atoms with E-state index in [1.54, 1.807) is 13.0 Å². The number of fused-ring (bicyclic) bond motifs is 3. The normalized spacial score (nSPS) is 18.3. The SMILES string of the molecule is CCOC(=O)CC1(NC(=O)c2cccc(Cn3cc(-c4cccc5c4[C@H]4C[C@H]4CN5C(=O)CCCOc4cccc(Cl)c4C)cn3)c2)COC1. The molecule has 11 heteroatoms. The third-order valence-corrected chi connectivity index (χ3v) is 10.2. The number of benzene rings is 3. The monoisotopic (exact) mass is 696 g/mol. The Hall–Kier alpha value is -4.67. The number of hydrogen-bond donors (Lipinski definition) is 1. The second-order valence-corrected chi connectivity index (χ2v) is 13.9. The van der Waals surface area contributed by atoms with Crippen LogP contribution in [-0.2, 0) is 25.6 Å². The van der Waals surface area contributed by atoms with Crippen LogP contribution < -0.4 is 15.0 Å². The Labute approximate surface area is 296 Å². The summed E-state index contributed by atoms with van der Waals surface area (Å²) in [4.78, 5) is 40.8. The van der Waals surface area contributed by atoms with E-state index >= 15 is 0 Å². The molecule has 0 radical (unpaired) electrons. The largest absolute Gasteiger partial charge is 0.493 e. The zero-order valence-corrected chi connectivity index (χ0v) is 29.1. The number of ether oxygens (including phenoxy) is 3. The molecule has 7 rings (SSSR count). The number of halogens is 1. The van der Waals surface area contributed by atoms with Crippen LogP contribution >= 0.6 is 11.6 Å². The lowest BCUT2D eigenvalue weighted by Crippen LogP contribution is -2.63. The molecule has 50 heavy (non-hydrogen) atoms. The Morgan fingerprint density at radius 3 is 2.72 bits per heavy atom. The van der Waals surface area contributed by atoms with Gasteiger partial charge in [0.15, 0.2) is 0 Å². The van der Waals surface area contributed by atoms with Crippen molar-refractivity contribution in [3.05, 3.63) is 100 Å². The fourth-order valence-corrected chi connectivity index (χ4v) is 7.21. The first-order valence-electron chi connectivity index (χ1n) is 17.2. The number of amides is 2. The Kier molecular flexibility index (Phi) is 9.66. The Morgan fingerprint density at radius 2 is 1.92 bits per heavy atom.